The van der Waals surface area contributed by atoms with Crippen molar-refractivity contribution in [2.24, 2.45) is 0 Å². The van der Waals surface area contributed by atoms with Gasteiger partial charge in [-0.1, -0.05) is 35.3 Å². The largest absolute Gasteiger partial charge is 0.329 e. The lowest BCUT2D eigenvalue weighted by atomic mass is 10.2. The number of urea groups is 1. The Bertz CT molecular complexity index is 596. The highest BCUT2D eigenvalue weighted by molar-refractivity contribution is 6.35. The fourth-order valence-corrected chi connectivity index (χ4v) is 2.10. The molecule has 1 aromatic carbocycles. The third kappa shape index (κ3) is 2.80. The summed E-state index contributed by atoms with van der Waals surface area (Å²) in [5.74, 6) is -0.407. The van der Waals surface area contributed by atoms with Crippen LogP contribution in [0.4, 0.5) is 4.79 Å². The normalized spacial score (nSPS) is 16.9. The van der Waals surface area contributed by atoms with E-state index in [1.807, 2.05) is 0 Å². The van der Waals surface area contributed by atoms with Crippen LogP contribution in [0.2, 0.25) is 10.0 Å². The summed E-state index contributed by atoms with van der Waals surface area (Å²) in [4.78, 5) is 24.6. The van der Waals surface area contributed by atoms with E-state index < -0.39 is 11.9 Å². The Hall–Kier alpha value is -1.78. The van der Waals surface area contributed by atoms with Crippen LogP contribution in [0.5, 0.6) is 0 Å². The van der Waals surface area contributed by atoms with Gasteiger partial charge in [0.05, 0.1) is 0 Å². The molecule has 1 heterocycles. The molecule has 1 aliphatic rings. The van der Waals surface area contributed by atoms with Gasteiger partial charge in [0.25, 0.3) is 5.91 Å². The molecular weight excluding hydrogens is 287 g/mol. The quantitative estimate of drug-likeness (QED) is 0.529. The average molecular weight is 297 g/mol. The van der Waals surface area contributed by atoms with E-state index in [1.54, 1.807) is 18.2 Å². The Morgan fingerprint density at radius 1 is 1.32 bits per heavy atom. The highest BCUT2D eigenvalue weighted by atomic mass is 35.5. The molecule has 1 fully saturated rings. The summed E-state index contributed by atoms with van der Waals surface area (Å²) in [7, 11) is 0. The van der Waals surface area contributed by atoms with Crippen molar-refractivity contribution in [3.63, 3.8) is 0 Å². The van der Waals surface area contributed by atoms with E-state index in [0.29, 0.717) is 15.6 Å². The molecular formula is C13H10Cl2N2O2. The minimum absolute atomic E-state index is 0.163. The van der Waals surface area contributed by atoms with Crippen molar-refractivity contribution in [2.45, 2.75) is 0 Å². The fraction of sp³-hybridized carbons (Fsp3) is 0.0769. The number of carbonyl (C=O) groups is 2. The summed E-state index contributed by atoms with van der Waals surface area (Å²) in [6.45, 7) is 3.66. The third-order valence-electron chi connectivity index (χ3n) is 2.54. The molecule has 0 atom stereocenters. The van der Waals surface area contributed by atoms with E-state index in [2.05, 4.69) is 11.9 Å². The first-order valence-corrected chi connectivity index (χ1v) is 6.19. The lowest BCUT2D eigenvalue weighted by molar-refractivity contribution is -0.122. The molecule has 0 aliphatic carbocycles. The molecule has 1 saturated heterocycles. The zero-order valence-electron chi connectivity index (χ0n) is 9.82. The zero-order chi connectivity index (χ0) is 14.0. The second-order valence-electron chi connectivity index (χ2n) is 3.86. The van der Waals surface area contributed by atoms with Crippen molar-refractivity contribution in [3.05, 3.63) is 52.2 Å². The zero-order valence-corrected chi connectivity index (χ0v) is 11.3. The molecule has 0 aromatic heterocycles. The monoisotopic (exact) mass is 296 g/mol. The number of hydrogen-bond acceptors (Lipinski definition) is 2. The molecule has 6 heteroatoms. The smallest absolute Gasteiger partial charge is 0.303 e. The third-order valence-corrected chi connectivity index (χ3v) is 3.10. The second kappa shape index (κ2) is 5.47. The molecule has 1 aliphatic heterocycles. The number of hydrogen-bond donors (Lipinski definition) is 1. The van der Waals surface area contributed by atoms with Gasteiger partial charge in [-0.25, -0.2) is 4.79 Å². The molecule has 4 nitrogen and oxygen atoms in total. The van der Waals surface area contributed by atoms with E-state index in [9.17, 15) is 9.59 Å². The van der Waals surface area contributed by atoms with Gasteiger partial charge in [0.15, 0.2) is 0 Å². The first-order valence-electron chi connectivity index (χ1n) is 5.43. The van der Waals surface area contributed by atoms with Crippen molar-refractivity contribution >= 4 is 41.2 Å². The first kappa shape index (κ1) is 13.6. The fourth-order valence-electron chi connectivity index (χ4n) is 1.64. The predicted octanol–water partition coefficient (Wildman–Crippen LogP) is 3.07. The summed E-state index contributed by atoms with van der Waals surface area (Å²) in [6, 6.07) is 4.43. The van der Waals surface area contributed by atoms with Crippen molar-refractivity contribution in [3.8, 4) is 0 Å². The number of halogens is 2. The molecule has 0 bridgehead atoms. The lowest BCUT2D eigenvalue weighted by Gasteiger charge is -2.06. The summed E-state index contributed by atoms with van der Waals surface area (Å²) in [6.07, 6.45) is 3.00. The molecule has 98 valence electrons. The second-order valence-corrected chi connectivity index (χ2v) is 4.70. The van der Waals surface area contributed by atoms with Crippen LogP contribution < -0.4 is 5.32 Å². The van der Waals surface area contributed by atoms with E-state index in [4.69, 9.17) is 23.2 Å². The summed E-state index contributed by atoms with van der Waals surface area (Å²) in [5.41, 5.74) is 0.784. The van der Waals surface area contributed by atoms with Gasteiger partial charge in [-0.2, -0.15) is 0 Å². The molecule has 19 heavy (non-hydrogen) atoms. The predicted molar refractivity (Wildman–Crippen MR) is 74.9 cm³/mol. The van der Waals surface area contributed by atoms with Crippen LogP contribution >= 0.6 is 23.2 Å². The Kier molecular flexibility index (Phi) is 3.93. The van der Waals surface area contributed by atoms with Crippen LogP contribution in [0.15, 0.2) is 36.6 Å². The van der Waals surface area contributed by atoms with Crippen molar-refractivity contribution < 1.29 is 9.59 Å². The summed E-state index contributed by atoms with van der Waals surface area (Å²) < 4.78 is 0. The van der Waals surface area contributed by atoms with Gasteiger partial charge in [-0.3, -0.25) is 9.69 Å². The molecule has 0 saturated carbocycles. The van der Waals surface area contributed by atoms with Crippen molar-refractivity contribution in [1.82, 2.24) is 10.2 Å². The van der Waals surface area contributed by atoms with Crippen molar-refractivity contribution in [2.75, 3.05) is 6.54 Å². The number of carbonyl (C=O) groups excluding carboxylic acids is 2. The van der Waals surface area contributed by atoms with E-state index in [1.165, 1.54) is 12.2 Å². The maximum atomic E-state index is 11.9. The highest BCUT2D eigenvalue weighted by Gasteiger charge is 2.32. The van der Waals surface area contributed by atoms with Crippen LogP contribution in [-0.4, -0.2) is 23.4 Å². The molecule has 0 radical (unpaired) electrons. The first-order chi connectivity index (χ1) is 9.02. The number of nitrogens with one attached hydrogen (secondary N) is 1. The minimum Gasteiger partial charge on any atom is -0.303 e. The van der Waals surface area contributed by atoms with Gasteiger partial charge >= 0.3 is 6.03 Å². The highest BCUT2D eigenvalue weighted by Crippen LogP contribution is 2.24. The van der Waals surface area contributed by atoms with Gasteiger partial charge in [0.1, 0.15) is 5.70 Å². The van der Waals surface area contributed by atoms with E-state index >= 15 is 0 Å². The lowest BCUT2D eigenvalue weighted by Crippen LogP contribution is -2.30. The Morgan fingerprint density at radius 3 is 2.68 bits per heavy atom. The van der Waals surface area contributed by atoms with Gasteiger partial charge in [-0.05, 0) is 23.8 Å². The molecule has 3 amide bonds. The number of benzene rings is 1. The topological polar surface area (TPSA) is 49.4 Å². The van der Waals surface area contributed by atoms with Gasteiger partial charge in [0.2, 0.25) is 0 Å². The van der Waals surface area contributed by atoms with Gasteiger partial charge < -0.3 is 5.32 Å². The molecule has 1 N–H and O–H groups in total. The SMILES string of the molecule is C=CCN1C(=O)N/C(=C/c2ccc(Cl)cc2Cl)C1=O. The average Bonchev–Trinajstić information content (AvgIpc) is 2.61. The maximum absolute atomic E-state index is 11.9. The van der Waals surface area contributed by atoms with E-state index in [-0.39, 0.29) is 12.2 Å². The van der Waals surface area contributed by atoms with Crippen LogP contribution in [0.25, 0.3) is 6.08 Å². The maximum Gasteiger partial charge on any atom is 0.329 e. The van der Waals surface area contributed by atoms with Crippen LogP contribution in [0.3, 0.4) is 0 Å². The number of amides is 3. The van der Waals surface area contributed by atoms with Crippen molar-refractivity contribution in [1.29, 1.82) is 0 Å². The van der Waals surface area contributed by atoms with Crippen LogP contribution in [-0.2, 0) is 4.79 Å². The number of rotatable bonds is 3. The molecule has 2 rings (SSSR count). The van der Waals surface area contributed by atoms with Crippen LogP contribution in [0.1, 0.15) is 5.56 Å². The number of nitrogens with zero attached hydrogens (tertiary/aromatic N) is 1. The summed E-state index contributed by atoms with van der Waals surface area (Å²) in [5, 5.41) is 3.40. The van der Waals surface area contributed by atoms with E-state index in [0.717, 1.165) is 4.90 Å². The minimum atomic E-state index is -0.471. The van der Waals surface area contributed by atoms with Gasteiger partial charge in [0, 0.05) is 16.6 Å². The number of imide groups is 1. The Morgan fingerprint density at radius 2 is 2.05 bits per heavy atom. The Labute approximate surface area is 120 Å². The standard InChI is InChI=1S/C13H10Cl2N2O2/c1-2-5-17-12(18)11(16-13(17)19)6-8-3-4-9(14)7-10(8)15/h2-4,6-7H,1,5H2,(H,16,19)/b11-6+. The van der Waals surface area contributed by atoms with Crippen LogP contribution in [0, 0.1) is 0 Å². The molecule has 1 aromatic rings. The Balaban J connectivity index is 2.32. The molecule has 0 spiro atoms. The molecule has 0 unspecified atom stereocenters. The summed E-state index contributed by atoms with van der Waals surface area (Å²) >= 11 is 11.8. The van der Waals surface area contributed by atoms with Gasteiger partial charge in [-0.15, -0.1) is 6.58 Å².